The van der Waals surface area contributed by atoms with E-state index >= 15 is 0 Å². The van der Waals surface area contributed by atoms with Gasteiger partial charge in [0.05, 0.1) is 25.2 Å². The lowest BCUT2D eigenvalue weighted by Gasteiger charge is -2.07. The molecule has 0 atom stereocenters. The average molecular weight is 437 g/mol. The number of hydrogen-bond acceptors (Lipinski definition) is 4. The van der Waals surface area contributed by atoms with Crippen molar-refractivity contribution in [3.63, 3.8) is 0 Å². The van der Waals surface area contributed by atoms with E-state index in [1.807, 2.05) is 0 Å². The topological polar surface area (TPSA) is 76.7 Å². The molecule has 106 valence electrons. The molecule has 0 aromatic rings. The number of nitrogens with one attached hydrogen (secondary N) is 2. The number of alkyl halides is 2. The third kappa shape index (κ3) is 12.5. The second-order valence-corrected chi connectivity index (χ2v) is 4.83. The van der Waals surface area contributed by atoms with Crippen LogP contribution in [0.5, 0.6) is 0 Å². The molecule has 0 heterocycles. The van der Waals surface area contributed by atoms with Gasteiger partial charge in [0, 0.05) is 17.5 Å². The van der Waals surface area contributed by atoms with Crippen molar-refractivity contribution in [2.45, 2.75) is 0 Å². The van der Waals surface area contributed by atoms with E-state index in [0.29, 0.717) is 32.9 Å². The summed E-state index contributed by atoms with van der Waals surface area (Å²) in [5.74, 6) is -0.301. The van der Waals surface area contributed by atoms with Crippen LogP contribution in [0.25, 0.3) is 0 Å². The number of carbonyl (C=O) groups is 2. The molecule has 0 aliphatic carbocycles. The minimum absolute atomic E-state index is 0.0139. The molecule has 0 saturated carbocycles. The van der Waals surface area contributed by atoms with Crippen molar-refractivity contribution in [3.05, 3.63) is 0 Å². The summed E-state index contributed by atoms with van der Waals surface area (Å²) in [5, 5.41) is 5.51. The predicted octanol–water partition coefficient (Wildman–Crippen LogP) is 0.0819. The Morgan fingerprint density at radius 2 is 1.61 bits per heavy atom. The lowest BCUT2D eigenvalue weighted by molar-refractivity contribution is -0.126. The van der Waals surface area contributed by atoms with E-state index in [-0.39, 0.29) is 23.8 Å². The molecule has 6 nitrogen and oxygen atoms in total. The van der Waals surface area contributed by atoms with E-state index in [9.17, 15) is 9.59 Å². The van der Waals surface area contributed by atoms with E-state index in [0.717, 1.165) is 4.43 Å². The smallest absolute Gasteiger partial charge is 0.246 e. The molecule has 0 aromatic heterocycles. The highest BCUT2D eigenvalue weighted by molar-refractivity contribution is 14.1. The highest BCUT2D eigenvalue weighted by Crippen LogP contribution is 1.83. The van der Waals surface area contributed by atoms with Crippen LogP contribution >= 0.6 is 38.5 Å². The van der Waals surface area contributed by atoms with Gasteiger partial charge >= 0.3 is 0 Å². The third-order valence-electron chi connectivity index (χ3n) is 1.72. The molecule has 2 N–H and O–H groups in total. The molecule has 0 rings (SSSR count). The normalized spacial score (nSPS) is 10.1. The van der Waals surface area contributed by atoms with Crippen molar-refractivity contribution in [2.24, 2.45) is 0 Å². The van der Waals surface area contributed by atoms with Crippen molar-refractivity contribution in [1.29, 1.82) is 0 Å². The lowest BCUT2D eigenvalue weighted by atomic mass is 10.5. The molecule has 0 unspecified atom stereocenters. The van der Waals surface area contributed by atoms with Crippen LogP contribution in [0.15, 0.2) is 0 Å². The van der Waals surface area contributed by atoms with Gasteiger partial charge in [-0.3, -0.25) is 9.59 Å². The van der Waals surface area contributed by atoms with Gasteiger partial charge in [0.1, 0.15) is 6.61 Å². The SMILES string of the molecule is O=C(CBr)NCCNC(=O)COCCOCCI. The van der Waals surface area contributed by atoms with Gasteiger partial charge in [-0.25, -0.2) is 0 Å². The van der Waals surface area contributed by atoms with Crippen molar-refractivity contribution in [3.8, 4) is 0 Å². The Morgan fingerprint density at radius 1 is 1.00 bits per heavy atom. The number of carbonyl (C=O) groups excluding carboxylic acids is 2. The molecule has 0 aliphatic heterocycles. The number of amides is 2. The summed E-state index contributed by atoms with van der Waals surface area (Å²) in [6, 6.07) is 0. The van der Waals surface area contributed by atoms with Crippen LogP contribution in [0.2, 0.25) is 0 Å². The molecule has 0 aliphatic rings. The van der Waals surface area contributed by atoms with Gasteiger partial charge in [0.15, 0.2) is 0 Å². The Hall–Kier alpha value is 0.0700. The summed E-state index contributed by atoms with van der Waals surface area (Å²) in [7, 11) is 0. The fraction of sp³-hybridized carbons (Fsp3) is 0.800. The first kappa shape index (κ1) is 18.1. The third-order valence-corrected chi connectivity index (χ3v) is 2.67. The molecule has 0 saturated heterocycles. The fourth-order valence-corrected chi connectivity index (χ4v) is 1.45. The molecule has 0 aromatic carbocycles. The van der Waals surface area contributed by atoms with E-state index in [2.05, 4.69) is 49.2 Å². The second-order valence-electron chi connectivity index (χ2n) is 3.19. The largest absolute Gasteiger partial charge is 0.378 e. The summed E-state index contributed by atoms with van der Waals surface area (Å²) >= 11 is 5.25. The molecule has 0 fully saturated rings. The van der Waals surface area contributed by atoms with Crippen molar-refractivity contribution >= 4 is 50.3 Å². The van der Waals surface area contributed by atoms with Crippen LogP contribution < -0.4 is 10.6 Å². The zero-order valence-electron chi connectivity index (χ0n) is 10.0. The first-order valence-corrected chi connectivity index (χ1v) is 8.16. The zero-order valence-corrected chi connectivity index (χ0v) is 13.8. The van der Waals surface area contributed by atoms with E-state index in [1.165, 1.54) is 0 Å². The standard InChI is InChI=1S/C10H18BrIN2O4/c11-7-9(15)13-2-3-14-10(16)8-18-6-5-17-4-1-12/h1-8H2,(H,13,15)(H,14,16). The highest BCUT2D eigenvalue weighted by Gasteiger charge is 2.01. The number of hydrogen-bond donors (Lipinski definition) is 2. The maximum atomic E-state index is 11.2. The maximum Gasteiger partial charge on any atom is 0.246 e. The van der Waals surface area contributed by atoms with Gasteiger partial charge in [-0.1, -0.05) is 38.5 Å². The minimum atomic E-state index is -0.197. The van der Waals surface area contributed by atoms with Gasteiger partial charge in [-0.2, -0.15) is 0 Å². The van der Waals surface area contributed by atoms with Crippen molar-refractivity contribution in [1.82, 2.24) is 10.6 Å². The Bertz CT molecular complexity index is 244. The average Bonchev–Trinajstić information content (AvgIpc) is 2.38. The van der Waals surface area contributed by atoms with Gasteiger partial charge in [0.25, 0.3) is 0 Å². The molecule has 0 radical (unpaired) electrons. The van der Waals surface area contributed by atoms with Gasteiger partial charge in [0.2, 0.25) is 11.8 Å². The van der Waals surface area contributed by atoms with E-state index in [4.69, 9.17) is 9.47 Å². The molecular formula is C10H18BrIN2O4. The van der Waals surface area contributed by atoms with Crippen LogP contribution in [0.3, 0.4) is 0 Å². The van der Waals surface area contributed by atoms with E-state index in [1.54, 1.807) is 0 Å². The van der Waals surface area contributed by atoms with Gasteiger partial charge < -0.3 is 20.1 Å². The van der Waals surface area contributed by atoms with Crippen LogP contribution in [0, 0.1) is 0 Å². The fourth-order valence-electron chi connectivity index (χ4n) is 0.941. The molecular weight excluding hydrogens is 419 g/mol. The van der Waals surface area contributed by atoms with Gasteiger partial charge in [-0.05, 0) is 0 Å². The Kier molecular flexibility index (Phi) is 13.6. The number of rotatable bonds is 11. The summed E-state index contributed by atoms with van der Waals surface area (Å²) in [6.45, 7) is 2.42. The monoisotopic (exact) mass is 436 g/mol. The van der Waals surface area contributed by atoms with Crippen LogP contribution in [-0.4, -0.2) is 61.1 Å². The number of ether oxygens (including phenoxy) is 2. The first-order chi connectivity index (χ1) is 8.70. The summed E-state index contributed by atoms with van der Waals surface area (Å²) in [4.78, 5) is 22.1. The zero-order chi connectivity index (χ0) is 13.6. The quantitative estimate of drug-likeness (QED) is 0.273. The van der Waals surface area contributed by atoms with Gasteiger partial charge in [-0.15, -0.1) is 0 Å². The second kappa shape index (κ2) is 13.5. The molecule has 0 bridgehead atoms. The molecule has 0 spiro atoms. The van der Waals surface area contributed by atoms with Crippen molar-refractivity contribution in [2.75, 3.05) is 49.3 Å². The Labute approximate surface area is 129 Å². The molecule has 18 heavy (non-hydrogen) atoms. The highest BCUT2D eigenvalue weighted by atomic mass is 127. The van der Waals surface area contributed by atoms with Crippen LogP contribution in [-0.2, 0) is 19.1 Å². The maximum absolute atomic E-state index is 11.2. The van der Waals surface area contributed by atoms with Crippen molar-refractivity contribution < 1.29 is 19.1 Å². The predicted molar refractivity (Wildman–Crippen MR) is 80.3 cm³/mol. The summed E-state index contributed by atoms with van der Waals surface area (Å²) < 4.78 is 11.2. The number of halogens is 2. The lowest BCUT2D eigenvalue weighted by Crippen LogP contribution is -2.36. The molecule has 8 heteroatoms. The summed E-state index contributed by atoms with van der Waals surface area (Å²) in [5.41, 5.74) is 0. The van der Waals surface area contributed by atoms with E-state index < -0.39 is 0 Å². The molecule has 2 amide bonds. The Balaban J connectivity index is 3.25. The minimum Gasteiger partial charge on any atom is -0.378 e. The van der Waals surface area contributed by atoms with Crippen LogP contribution in [0.1, 0.15) is 0 Å². The first-order valence-electron chi connectivity index (χ1n) is 5.51. The summed E-state index contributed by atoms with van der Waals surface area (Å²) in [6.07, 6.45) is 0. The van der Waals surface area contributed by atoms with Crippen LogP contribution in [0.4, 0.5) is 0 Å². The Morgan fingerprint density at radius 3 is 2.22 bits per heavy atom.